The van der Waals surface area contributed by atoms with E-state index in [1.165, 1.54) is 19.2 Å². The number of carbonyl (C=O) groups is 2. The fraction of sp³-hybridized carbons (Fsp3) is 0.333. The van der Waals surface area contributed by atoms with E-state index in [4.69, 9.17) is 4.74 Å². The van der Waals surface area contributed by atoms with Gasteiger partial charge in [-0.1, -0.05) is 12.1 Å². The van der Waals surface area contributed by atoms with Crippen LogP contribution >= 0.6 is 0 Å². The number of hydrogen-bond acceptors (Lipinski definition) is 8. The molecule has 4 rings (SSSR count). The van der Waals surface area contributed by atoms with Crippen molar-refractivity contribution >= 4 is 11.6 Å². The summed E-state index contributed by atoms with van der Waals surface area (Å²) in [5.74, 6) is -2.05. The Balaban J connectivity index is 1.95. The standard InChI is InChI=1S/C21H20O8/c1-29-12-4-2-3-10-14(12)20(27)16-15(18(10)25)19(26)11-7-21(28,13(23)8-22)6-5-9(11)17(16)24/h2-4,13,22-24,26,28H,5-8H2,1H3. The van der Waals surface area contributed by atoms with Crippen LogP contribution in [0.15, 0.2) is 18.2 Å². The number of aliphatic hydroxyl groups is 3. The third-order valence-electron chi connectivity index (χ3n) is 5.92. The van der Waals surface area contributed by atoms with Crippen LogP contribution < -0.4 is 4.74 Å². The summed E-state index contributed by atoms with van der Waals surface area (Å²) >= 11 is 0. The molecule has 0 bridgehead atoms. The minimum atomic E-state index is -1.73. The molecule has 0 spiro atoms. The van der Waals surface area contributed by atoms with Crippen LogP contribution in [0, 0.1) is 0 Å². The molecule has 0 fully saturated rings. The van der Waals surface area contributed by atoms with Crippen molar-refractivity contribution in [3.8, 4) is 17.2 Å². The number of carbonyl (C=O) groups excluding carboxylic acids is 2. The molecule has 29 heavy (non-hydrogen) atoms. The molecule has 5 N–H and O–H groups in total. The number of aromatic hydroxyl groups is 2. The van der Waals surface area contributed by atoms with E-state index in [9.17, 15) is 35.1 Å². The molecule has 2 aliphatic carbocycles. The molecule has 2 atom stereocenters. The van der Waals surface area contributed by atoms with E-state index in [1.54, 1.807) is 6.07 Å². The lowest BCUT2D eigenvalue weighted by atomic mass is 9.72. The molecule has 152 valence electrons. The average Bonchev–Trinajstić information content (AvgIpc) is 2.73. The molecule has 0 aromatic heterocycles. The van der Waals surface area contributed by atoms with Crippen LogP contribution in [0.4, 0.5) is 0 Å². The van der Waals surface area contributed by atoms with Crippen molar-refractivity contribution in [3.63, 3.8) is 0 Å². The van der Waals surface area contributed by atoms with E-state index in [0.717, 1.165) is 0 Å². The van der Waals surface area contributed by atoms with Gasteiger partial charge < -0.3 is 30.3 Å². The van der Waals surface area contributed by atoms with E-state index >= 15 is 0 Å². The van der Waals surface area contributed by atoms with Gasteiger partial charge in [0, 0.05) is 23.1 Å². The van der Waals surface area contributed by atoms with E-state index in [-0.39, 0.29) is 58.4 Å². The Morgan fingerprint density at radius 2 is 1.72 bits per heavy atom. The van der Waals surface area contributed by atoms with Crippen molar-refractivity contribution in [2.45, 2.75) is 31.0 Å². The molecule has 2 aromatic rings. The number of phenols is 2. The highest BCUT2D eigenvalue weighted by Crippen LogP contribution is 2.48. The molecular weight excluding hydrogens is 380 g/mol. The van der Waals surface area contributed by atoms with Crippen molar-refractivity contribution in [3.05, 3.63) is 51.6 Å². The van der Waals surface area contributed by atoms with Gasteiger partial charge in [-0.3, -0.25) is 9.59 Å². The maximum atomic E-state index is 13.1. The number of hydrogen-bond donors (Lipinski definition) is 5. The predicted octanol–water partition coefficient (Wildman–Crippen LogP) is 0.455. The van der Waals surface area contributed by atoms with Crippen LogP contribution in [-0.2, 0) is 12.8 Å². The smallest absolute Gasteiger partial charge is 0.202 e. The van der Waals surface area contributed by atoms with Crippen molar-refractivity contribution in [2.75, 3.05) is 13.7 Å². The number of aliphatic hydroxyl groups excluding tert-OH is 2. The molecule has 8 nitrogen and oxygen atoms in total. The number of benzene rings is 2. The Labute approximate surface area is 165 Å². The summed E-state index contributed by atoms with van der Waals surface area (Å²) < 4.78 is 5.19. The number of ketones is 2. The van der Waals surface area contributed by atoms with E-state index in [2.05, 4.69) is 0 Å². The fourth-order valence-corrected chi connectivity index (χ4v) is 4.30. The molecule has 0 heterocycles. The molecule has 2 aromatic carbocycles. The minimum Gasteiger partial charge on any atom is -0.507 e. The van der Waals surface area contributed by atoms with Crippen molar-refractivity contribution < 1.29 is 39.9 Å². The zero-order valence-electron chi connectivity index (χ0n) is 15.6. The summed E-state index contributed by atoms with van der Waals surface area (Å²) in [7, 11) is 1.36. The van der Waals surface area contributed by atoms with Crippen LogP contribution in [0.25, 0.3) is 0 Å². The first-order valence-corrected chi connectivity index (χ1v) is 9.12. The lowest BCUT2D eigenvalue weighted by Gasteiger charge is -2.38. The average molecular weight is 400 g/mol. The normalized spacial score (nSPS) is 21.2. The van der Waals surface area contributed by atoms with Crippen molar-refractivity contribution in [1.82, 2.24) is 0 Å². The Bertz CT molecular complexity index is 1060. The van der Waals surface area contributed by atoms with Crippen LogP contribution in [0.3, 0.4) is 0 Å². The predicted molar refractivity (Wildman–Crippen MR) is 99.7 cm³/mol. The second-order valence-electron chi connectivity index (χ2n) is 7.42. The summed E-state index contributed by atoms with van der Waals surface area (Å²) in [5.41, 5.74) is -2.00. The first-order chi connectivity index (χ1) is 13.7. The fourth-order valence-electron chi connectivity index (χ4n) is 4.30. The molecular formula is C21H20O8. The second kappa shape index (κ2) is 6.55. The highest BCUT2D eigenvalue weighted by Gasteiger charge is 2.45. The third-order valence-corrected chi connectivity index (χ3v) is 5.92. The lowest BCUT2D eigenvalue weighted by molar-refractivity contribution is -0.102. The van der Waals surface area contributed by atoms with Crippen LogP contribution in [-0.4, -0.2) is 62.5 Å². The van der Waals surface area contributed by atoms with Gasteiger partial charge >= 0.3 is 0 Å². The van der Waals surface area contributed by atoms with Gasteiger partial charge in [-0.25, -0.2) is 0 Å². The first-order valence-electron chi connectivity index (χ1n) is 9.12. The molecule has 0 aliphatic heterocycles. The minimum absolute atomic E-state index is 0.00441. The first kappa shape index (κ1) is 19.4. The largest absolute Gasteiger partial charge is 0.507 e. The van der Waals surface area contributed by atoms with Crippen LogP contribution in [0.1, 0.15) is 49.4 Å². The van der Waals surface area contributed by atoms with Gasteiger partial charge in [-0.15, -0.1) is 0 Å². The van der Waals surface area contributed by atoms with Gasteiger partial charge in [-0.05, 0) is 18.9 Å². The summed E-state index contributed by atoms with van der Waals surface area (Å²) in [4.78, 5) is 26.2. The van der Waals surface area contributed by atoms with Gasteiger partial charge in [0.1, 0.15) is 23.4 Å². The number of phenolic OH excluding ortho intramolecular Hbond substituents is 2. The summed E-state index contributed by atoms with van der Waals surface area (Å²) in [5, 5.41) is 51.6. The highest BCUT2D eigenvalue weighted by atomic mass is 16.5. The Morgan fingerprint density at radius 1 is 1.07 bits per heavy atom. The maximum Gasteiger partial charge on any atom is 0.202 e. The molecule has 2 unspecified atom stereocenters. The number of methoxy groups -OCH3 is 1. The topological polar surface area (TPSA) is 145 Å². The Morgan fingerprint density at radius 3 is 2.38 bits per heavy atom. The molecule has 0 radical (unpaired) electrons. The van der Waals surface area contributed by atoms with Gasteiger partial charge in [0.15, 0.2) is 5.78 Å². The number of ether oxygens (including phenoxy) is 1. The molecule has 2 aliphatic rings. The SMILES string of the molecule is COc1cccc2c1C(=O)c1c(O)c3c(c(O)c1C2=O)CC(O)(C(O)CO)CC3. The number of fused-ring (bicyclic) bond motifs is 3. The van der Waals surface area contributed by atoms with Crippen molar-refractivity contribution in [2.24, 2.45) is 0 Å². The van der Waals surface area contributed by atoms with Crippen LogP contribution in [0.5, 0.6) is 17.2 Å². The molecule has 8 heteroatoms. The molecule has 0 saturated heterocycles. The summed E-state index contributed by atoms with van der Waals surface area (Å²) in [6, 6.07) is 4.50. The van der Waals surface area contributed by atoms with Gasteiger partial charge in [0.2, 0.25) is 5.78 Å². The van der Waals surface area contributed by atoms with E-state index < -0.39 is 41.4 Å². The molecule has 0 amide bonds. The van der Waals surface area contributed by atoms with Gasteiger partial charge in [-0.2, -0.15) is 0 Å². The van der Waals surface area contributed by atoms with Gasteiger partial charge in [0.25, 0.3) is 0 Å². The van der Waals surface area contributed by atoms with E-state index in [0.29, 0.717) is 0 Å². The maximum absolute atomic E-state index is 13.1. The Hall–Kier alpha value is -2.94. The highest BCUT2D eigenvalue weighted by molar-refractivity contribution is 6.31. The third kappa shape index (κ3) is 2.57. The number of rotatable bonds is 3. The van der Waals surface area contributed by atoms with E-state index in [1.807, 2.05) is 0 Å². The lowest BCUT2D eigenvalue weighted by Crippen LogP contribution is -2.48. The zero-order chi connectivity index (χ0) is 21.1. The second-order valence-corrected chi connectivity index (χ2v) is 7.42. The molecule has 0 saturated carbocycles. The zero-order valence-corrected chi connectivity index (χ0v) is 15.6. The summed E-state index contributed by atoms with van der Waals surface area (Å²) in [6.45, 7) is -0.686. The van der Waals surface area contributed by atoms with Crippen molar-refractivity contribution in [1.29, 1.82) is 0 Å². The summed E-state index contributed by atoms with van der Waals surface area (Å²) in [6.07, 6.45) is -1.72. The quantitative estimate of drug-likeness (QED) is 0.399. The monoisotopic (exact) mass is 400 g/mol. The Kier molecular flexibility index (Phi) is 4.38. The van der Waals surface area contributed by atoms with Gasteiger partial charge in [0.05, 0.1) is 36.0 Å². The van der Waals surface area contributed by atoms with Crippen LogP contribution in [0.2, 0.25) is 0 Å².